The minimum atomic E-state index is -0.907. The highest BCUT2D eigenvalue weighted by Crippen LogP contribution is 2.23. The molecule has 0 fully saturated rings. The first kappa shape index (κ1) is 14.8. The summed E-state index contributed by atoms with van der Waals surface area (Å²) in [6.45, 7) is 3.72. The Morgan fingerprint density at radius 2 is 2.22 bits per heavy atom. The number of methoxy groups -OCH3 is 1. The highest BCUT2D eigenvalue weighted by molar-refractivity contribution is 6.30. The van der Waals surface area contributed by atoms with E-state index in [4.69, 9.17) is 16.3 Å². The number of benzene rings is 1. The molecule has 0 radical (unpaired) electrons. The standard InChI is InChI=1S/C13H18ClNO3/c1-4-13(2,17)8-15-12(16)10-6-5-9(14)7-11(10)18-3/h5-7,17H,4,8H2,1-3H3,(H,15,16). The van der Waals surface area contributed by atoms with Gasteiger partial charge >= 0.3 is 0 Å². The molecule has 1 atom stereocenters. The molecule has 5 heteroatoms. The Bertz CT molecular complexity index is 432. The van der Waals surface area contributed by atoms with Crippen LogP contribution in [-0.4, -0.2) is 30.3 Å². The minimum absolute atomic E-state index is 0.189. The van der Waals surface area contributed by atoms with E-state index in [1.54, 1.807) is 25.1 Å². The van der Waals surface area contributed by atoms with E-state index in [0.29, 0.717) is 22.8 Å². The first-order valence-corrected chi connectivity index (χ1v) is 6.11. The Kier molecular flexibility index (Phi) is 4.99. The van der Waals surface area contributed by atoms with Crippen LogP contribution in [0.25, 0.3) is 0 Å². The van der Waals surface area contributed by atoms with Crippen LogP contribution in [-0.2, 0) is 0 Å². The average Bonchev–Trinajstić information content (AvgIpc) is 2.36. The third kappa shape index (κ3) is 3.89. The van der Waals surface area contributed by atoms with Crippen molar-refractivity contribution in [2.45, 2.75) is 25.9 Å². The van der Waals surface area contributed by atoms with Crippen molar-refractivity contribution in [1.82, 2.24) is 5.32 Å². The molecule has 0 saturated heterocycles. The van der Waals surface area contributed by atoms with E-state index in [-0.39, 0.29) is 12.5 Å². The van der Waals surface area contributed by atoms with Gasteiger partial charge in [0.2, 0.25) is 0 Å². The van der Waals surface area contributed by atoms with Crippen molar-refractivity contribution in [2.75, 3.05) is 13.7 Å². The maximum atomic E-state index is 12.0. The molecule has 0 bridgehead atoms. The highest BCUT2D eigenvalue weighted by atomic mass is 35.5. The summed E-state index contributed by atoms with van der Waals surface area (Å²) in [7, 11) is 1.48. The molecule has 1 aromatic rings. The summed E-state index contributed by atoms with van der Waals surface area (Å²) in [5.41, 5.74) is -0.510. The molecule has 4 nitrogen and oxygen atoms in total. The van der Waals surface area contributed by atoms with Crippen LogP contribution in [0.15, 0.2) is 18.2 Å². The van der Waals surface area contributed by atoms with Crippen molar-refractivity contribution in [3.8, 4) is 5.75 Å². The van der Waals surface area contributed by atoms with Gasteiger partial charge in [0.1, 0.15) is 5.75 Å². The lowest BCUT2D eigenvalue weighted by Crippen LogP contribution is -2.40. The number of carbonyl (C=O) groups is 1. The van der Waals surface area contributed by atoms with Crippen LogP contribution >= 0.6 is 11.6 Å². The van der Waals surface area contributed by atoms with E-state index < -0.39 is 5.60 Å². The zero-order chi connectivity index (χ0) is 13.8. The highest BCUT2D eigenvalue weighted by Gasteiger charge is 2.20. The molecular formula is C13H18ClNO3. The normalized spacial score (nSPS) is 13.8. The number of halogens is 1. The van der Waals surface area contributed by atoms with E-state index in [1.807, 2.05) is 6.92 Å². The molecule has 18 heavy (non-hydrogen) atoms. The smallest absolute Gasteiger partial charge is 0.255 e. The number of carbonyl (C=O) groups excluding carboxylic acids is 1. The molecule has 0 saturated carbocycles. The number of hydrogen-bond acceptors (Lipinski definition) is 3. The largest absolute Gasteiger partial charge is 0.496 e. The molecule has 2 N–H and O–H groups in total. The molecule has 1 amide bonds. The van der Waals surface area contributed by atoms with Crippen molar-refractivity contribution >= 4 is 17.5 Å². The lowest BCUT2D eigenvalue weighted by molar-refractivity contribution is 0.0517. The van der Waals surface area contributed by atoms with E-state index in [2.05, 4.69) is 5.32 Å². The monoisotopic (exact) mass is 271 g/mol. The van der Waals surface area contributed by atoms with Crippen molar-refractivity contribution in [2.24, 2.45) is 0 Å². The molecule has 0 aliphatic rings. The second-order valence-corrected chi connectivity index (χ2v) is 4.81. The van der Waals surface area contributed by atoms with Gasteiger partial charge in [-0.25, -0.2) is 0 Å². The molecular weight excluding hydrogens is 254 g/mol. The van der Waals surface area contributed by atoms with E-state index in [0.717, 1.165) is 0 Å². The predicted molar refractivity (Wildman–Crippen MR) is 71.3 cm³/mol. The van der Waals surface area contributed by atoms with Crippen LogP contribution in [0.3, 0.4) is 0 Å². The molecule has 1 rings (SSSR count). The van der Waals surface area contributed by atoms with Crippen LogP contribution in [0.1, 0.15) is 30.6 Å². The summed E-state index contributed by atoms with van der Waals surface area (Å²) < 4.78 is 5.10. The lowest BCUT2D eigenvalue weighted by Gasteiger charge is -2.21. The molecule has 0 aromatic heterocycles. The zero-order valence-corrected chi connectivity index (χ0v) is 11.5. The van der Waals surface area contributed by atoms with Crippen LogP contribution in [0, 0.1) is 0 Å². The number of amides is 1. The van der Waals surface area contributed by atoms with Crippen molar-refractivity contribution < 1.29 is 14.6 Å². The average molecular weight is 272 g/mol. The summed E-state index contributed by atoms with van der Waals surface area (Å²) in [5.74, 6) is 0.119. The molecule has 0 heterocycles. The second-order valence-electron chi connectivity index (χ2n) is 4.38. The Morgan fingerprint density at radius 3 is 2.78 bits per heavy atom. The minimum Gasteiger partial charge on any atom is -0.496 e. The van der Waals surface area contributed by atoms with Gasteiger partial charge < -0.3 is 15.2 Å². The van der Waals surface area contributed by atoms with E-state index in [9.17, 15) is 9.90 Å². The summed E-state index contributed by atoms with van der Waals surface area (Å²) in [4.78, 5) is 12.0. The zero-order valence-electron chi connectivity index (χ0n) is 10.8. The fourth-order valence-electron chi connectivity index (χ4n) is 1.34. The third-order valence-electron chi connectivity index (χ3n) is 2.80. The summed E-state index contributed by atoms with van der Waals surface area (Å²) in [5, 5.41) is 13.0. The fourth-order valence-corrected chi connectivity index (χ4v) is 1.51. The van der Waals surface area contributed by atoms with Gasteiger partial charge in [-0.1, -0.05) is 18.5 Å². The van der Waals surface area contributed by atoms with Gasteiger partial charge in [-0.15, -0.1) is 0 Å². The molecule has 1 aromatic carbocycles. The Balaban J connectivity index is 2.79. The SMILES string of the molecule is CCC(C)(O)CNC(=O)c1ccc(Cl)cc1OC. The van der Waals surface area contributed by atoms with Crippen LogP contribution in [0.5, 0.6) is 5.75 Å². The number of ether oxygens (including phenoxy) is 1. The molecule has 0 spiro atoms. The van der Waals surface area contributed by atoms with Gasteiger partial charge in [-0.05, 0) is 31.5 Å². The van der Waals surface area contributed by atoms with Gasteiger partial charge in [0, 0.05) is 11.6 Å². The van der Waals surface area contributed by atoms with Gasteiger partial charge in [-0.2, -0.15) is 0 Å². The number of nitrogens with one attached hydrogen (secondary N) is 1. The topological polar surface area (TPSA) is 58.6 Å². The number of aliphatic hydroxyl groups is 1. The summed E-state index contributed by atoms with van der Waals surface area (Å²) >= 11 is 5.82. The van der Waals surface area contributed by atoms with E-state index in [1.165, 1.54) is 7.11 Å². The fraction of sp³-hybridized carbons (Fsp3) is 0.462. The maximum Gasteiger partial charge on any atom is 0.255 e. The predicted octanol–water partition coefficient (Wildman–Crippen LogP) is 2.24. The van der Waals surface area contributed by atoms with Gasteiger partial charge in [0.05, 0.1) is 18.3 Å². The lowest BCUT2D eigenvalue weighted by atomic mass is 10.0. The number of hydrogen-bond donors (Lipinski definition) is 2. The van der Waals surface area contributed by atoms with Crippen molar-refractivity contribution in [3.05, 3.63) is 28.8 Å². The molecule has 0 aliphatic carbocycles. The van der Waals surface area contributed by atoms with Crippen LogP contribution in [0.2, 0.25) is 5.02 Å². The first-order chi connectivity index (χ1) is 8.39. The molecule has 0 aliphatic heterocycles. The summed E-state index contributed by atoms with van der Waals surface area (Å²) in [6, 6.07) is 4.79. The van der Waals surface area contributed by atoms with Gasteiger partial charge in [0.25, 0.3) is 5.91 Å². The van der Waals surface area contributed by atoms with Crippen LogP contribution < -0.4 is 10.1 Å². The maximum absolute atomic E-state index is 12.0. The third-order valence-corrected chi connectivity index (χ3v) is 3.03. The summed E-state index contributed by atoms with van der Waals surface area (Å²) in [6.07, 6.45) is 0.561. The van der Waals surface area contributed by atoms with E-state index >= 15 is 0 Å². The van der Waals surface area contributed by atoms with Crippen molar-refractivity contribution in [1.29, 1.82) is 0 Å². The number of rotatable bonds is 5. The first-order valence-electron chi connectivity index (χ1n) is 5.73. The van der Waals surface area contributed by atoms with Crippen LogP contribution in [0.4, 0.5) is 0 Å². The van der Waals surface area contributed by atoms with Gasteiger partial charge in [0.15, 0.2) is 0 Å². The molecule has 1 unspecified atom stereocenters. The van der Waals surface area contributed by atoms with Crippen molar-refractivity contribution in [3.63, 3.8) is 0 Å². The Morgan fingerprint density at radius 1 is 1.56 bits per heavy atom. The Labute approximate surface area is 112 Å². The molecule has 100 valence electrons. The Hall–Kier alpha value is -1.26. The van der Waals surface area contributed by atoms with Gasteiger partial charge in [-0.3, -0.25) is 4.79 Å². The quantitative estimate of drug-likeness (QED) is 0.863. The second kappa shape index (κ2) is 6.07.